The van der Waals surface area contributed by atoms with Crippen LogP contribution in [0, 0.1) is 28.5 Å². The second kappa shape index (κ2) is 8.72. The average Bonchev–Trinajstić information content (AvgIpc) is 2.46. The topological polar surface area (TPSA) is 56.8 Å². The monoisotopic (exact) mass is 272 g/mol. The van der Waals surface area contributed by atoms with E-state index in [1.807, 2.05) is 0 Å². The molecule has 0 spiro atoms. The molecular formula is C16H17FN2O. The van der Waals surface area contributed by atoms with Crippen molar-refractivity contribution in [2.24, 2.45) is 0 Å². The summed E-state index contributed by atoms with van der Waals surface area (Å²) < 4.78 is 18.8. The standard InChI is InChI=1S/C16H17FN2O/c1-2-3-4-5-8-20-16-7-6-15(17)10-14(16)9-13(11-18)12-19/h6-7,9-10H,2-5,8H2,1H3. The van der Waals surface area contributed by atoms with Crippen molar-refractivity contribution in [3.63, 3.8) is 0 Å². The van der Waals surface area contributed by atoms with Crippen molar-refractivity contribution in [1.82, 2.24) is 0 Å². The van der Waals surface area contributed by atoms with Crippen LogP contribution in [0.3, 0.4) is 0 Å². The van der Waals surface area contributed by atoms with Gasteiger partial charge in [-0.1, -0.05) is 26.2 Å². The van der Waals surface area contributed by atoms with Gasteiger partial charge in [0.1, 0.15) is 29.3 Å². The predicted octanol–water partition coefficient (Wildman–Crippen LogP) is 4.22. The first-order valence-corrected chi connectivity index (χ1v) is 6.65. The Morgan fingerprint density at radius 2 is 2.00 bits per heavy atom. The predicted molar refractivity (Wildman–Crippen MR) is 75.2 cm³/mol. The zero-order valence-electron chi connectivity index (χ0n) is 11.5. The lowest BCUT2D eigenvalue weighted by Crippen LogP contribution is -1.99. The van der Waals surface area contributed by atoms with E-state index in [-0.39, 0.29) is 5.57 Å². The molecule has 0 unspecified atom stereocenters. The van der Waals surface area contributed by atoms with E-state index in [2.05, 4.69) is 6.92 Å². The van der Waals surface area contributed by atoms with E-state index in [4.69, 9.17) is 15.3 Å². The van der Waals surface area contributed by atoms with Gasteiger partial charge in [0.05, 0.1) is 6.61 Å². The summed E-state index contributed by atoms with van der Waals surface area (Å²) in [5.41, 5.74) is 0.338. The quantitative estimate of drug-likeness (QED) is 0.551. The van der Waals surface area contributed by atoms with E-state index < -0.39 is 5.82 Å². The molecule has 1 rings (SSSR count). The Hall–Kier alpha value is -2.33. The molecule has 3 nitrogen and oxygen atoms in total. The highest BCUT2D eigenvalue weighted by Crippen LogP contribution is 2.23. The number of benzene rings is 1. The number of ether oxygens (including phenoxy) is 1. The molecule has 0 amide bonds. The number of hydrogen-bond donors (Lipinski definition) is 0. The molecule has 0 saturated carbocycles. The van der Waals surface area contributed by atoms with Crippen molar-refractivity contribution in [3.05, 3.63) is 35.2 Å². The summed E-state index contributed by atoms with van der Waals surface area (Å²) in [7, 11) is 0. The first kappa shape index (κ1) is 15.7. The van der Waals surface area contributed by atoms with Gasteiger partial charge in [-0.05, 0) is 30.7 Å². The number of allylic oxidation sites excluding steroid dienone is 1. The number of unbranched alkanes of at least 4 members (excludes halogenated alkanes) is 3. The maximum absolute atomic E-state index is 13.2. The lowest BCUT2D eigenvalue weighted by atomic mass is 10.1. The molecule has 0 heterocycles. The third-order valence-corrected chi connectivity index (χ3v) is 2.77. The smallest absolute Gasteiger partial charge is 0.130 e. The Bertz CT molecular complexity index is 537. The third-order valence-electron chi connectivity index (χ3n) is 2.77. The molecule has 0 aliphatic rings. The van der Waals surface area contributed by atoms with Crippen molar-refractivity contribution >= 4 is 6.08 Å². The van der Waals surface area contributed by atoms with E-state index >= 15 is 0 Å². The number of halogens is 1. The first-order chi connectivity index (χ1) is 9.71. The van der Waals surface area contributed by atoms with Gasteiger partial charge in [0.2, 0.25) is 0 Å². The van der Waals surface area contributed by atoms with Gasteiger partial charge < -0.3 is 4.74 Å². The summed E-state index contributed by atoms with van der Waals surface area (Å²) in [6.07, 6.45) is 5.66. The highest BCUT2D eigenvalue weighted by molar-refractivity contribution is 5.66. The van der Waals surface area contributed by atoms with Crippen molar-refractivity contribution in [2.45, 2.75) is 32.6 Å². The first-order valence-electron chi connectivity index (χ1n) is 6.65. The van der Waals surface area contributed by atoms with Crippen LogP contribution in [-0.4, -0.2) is 6.61 Å². The zero-order chi connectivity index (χ0) is 14.8. The number of nitrogens with zero attached hydrogens (tertiary/aromatic N) is 2. The molecular weight excluding hydrogens is 255 g/mol. The molecule has 0 aromatic heterocycles. The normalized spacial score (nSPS) is 9.40. The Balaban J connectivity index is 2.79. The molecule has 1 aromatic rings. The Labute approximate surface area is 118 Å². The average molecular weight is 272 g/mol. The van der Waals surface area contributed by atoms with E-state index in [1.165, 1.54) is 24.3 Å². The van der Waals surface area contributed by atoms with Crippen LogP contribution in [0.25, 0.3) is 6.08 Å². The van der Waals surface area contributed by atoms with Gasteiger partial charge in [0, 0.05) is 5.56 Å². The minimum Gasteiger partial charge on any atom is -0.493 e. The fourth-order valence-corrected chi connectivity index (χ4v) is 1.72. The molecule has 4 heteroatoms. The lowest BCUT2D eigenvalue weighted by molar-refractivity contribution is 0.304. The van der Waals surface area contributed by atoms with E-state index in [9.17, 15) is 4.39 Å². The van der Waals surface area contributed by atoms with Crippen LogP contribution in [0.5, 0.6) is 5.75 Å². The van der Waals surface area contributed by atoms with Gasteiger partial charge in [-0.15, -0.1) is 0 Å². The van der Waals surface area contributed by atoms with Crippen molar-refractivity contribution in [1.29, 1.82) is 10.5 Å². The number of hydrogen-bond acceptors (Lipinski definition) is 3. The van der Waals surface area contributed by atoms with Gasteiger partial charge in [-0.3, -0.25) is 0 Å². The van der Waals surface area contributed by atoms with Crippen LogP contribution in [-0.2, 0) is 0 Å². The summed E-state index contributed by atoms with van der Waals surface area (Å²) in [4.78, 5) is 0. The largest absolute Gasteiger partial charge is 0.493 e. The maximum atomic E-state index is 13.2. The van der Waals surface area contributed by atoms with E-state index in [0.29, 0.717) is 17.9 Å². The summed E-state index contributed by atoms with van der Waals surface area (Å²) in [6, 6.07) is 7.59. The van der Waals surface area contributed by atoms with Crippen LogP contribution in [0.15, 0.2) is 23.8 Å². The minimum atomic E-state index is -0.426. The van der Waals surface area contributed by atoms with Crippen LogP contribution in [0.2, 0.25) is 0 Å². The number of rotatable bonds is 7. The summed E-state index contributed by atoms with van der Waals surface area (Å²) in [6.45, 7) is 2.68. The number of nitriles is 2. The second-order valence-electron chi connectivity index (χ2n) is 4.37. The fraction of sp³-hybridized carbons (Fsp3) is 0.375. The van der Waals surface area contributed by atoms with Gasteiger partial charge in [-0.25, -0.2) is 4.39 Å². The van der Waals surface area contributed by atoms with Gasteiger partial charge in [0.25, 0.3) is 0 Å². The van der Waals surface area contributed by atoms with Crippen LogP contribution < -0.4 is 4.74 Å². The van der Waals surface area contributed by atoms with Crippen LogP contribution >= 0.6 is 0 Å². The maximum Gasteiger partial charge on any atom is 0.130 e. The zero-order valence-corrected chi connectivity index (χ0v) is 11.5. The van der Waals surface area contributed by atoms with Crippen molar-refractivity contribution in [3.8, 4) is 17.9 Å². The molecule has 0 aliphatic heterocycles. The molecule has 0 radical (unpaired) electrons. The summed E-state index contributed by atoms with van der Waals surface area (Å²) in [5, 5.41) is 17.5. The van der Waals surface area contributed by atoms with Crippen molar-refractivity contribution < 1.29 is 9.13 Å². The van der Waals surface area contributed by atoms with Gasteiger partial charge >= 0.3 is 0 Å². The van der Waals surface area contributed by atoms with Crippen LogP contribution in [0.4, 0.5) is 4.39 Å². The molecule has 20 heavy (non-hydrogen) atoms. The third kappa shape index (κ3) is 5.12. The highest BCUT2D eigenvalue weighted by Gasteiger charge is 2.05. The van der Waals surface area contributed by atoms with Crippen LogP contribution in [0.1, 0.15) is 38.2 Å². The summed E-state index contributed by atoms with van der Waals surface area (Å²) >= 11 is 0. The molecule has 0 fully saturated rings. The lowest BCUT2D eigenvalue weighted by Gasteiger charge is -2.09. The molecule has 1 aromatic carbocycles. The molecule has 0 aliphatic carbocycles. The Kier molecular flexibility index (Phi) is 6.85. The van der Waals surface area contributed by atoms with Gasteiger partial charge in [0.15, 0.2) is 0 Å². The van der Waals surface area contributed by atoms with Crippen molar-refractivity contribution in [2.75, 3.05) is 6.61 Å². The Morgan fingerprint density at radius 1 is 1.25 bits per heavy atom. The SMILES string of the molecule is CCCCCCOc1ccc(F)cc1C=C(C#N)C#N. The Morgan fingerprint density at radius 3 is 2.65 bits per heavy atom. The molecule has 0 atom stereocenters. The van der Waals surface area contributed by atoms with Gasteiger partial charge in [-0.2, -0.15) is 10.5 Å². The fourth-order valence-electron chi connectivity index (χ4n) is 1.72. The molecule has 0 saturated heterocycles. The molecule has 0 bridgehead atoms. The minimum absolute atomic E-state index is 0.0774. The summed E-state index contributed by atoms with van der Waals surface area (Å²) in [5.74, 6) is 0.0655. The molecule has 0 N–H and O–H groups in total. The highest BCUT2D eigenvalue weighted by atomic mass is 19.1. The van der Waals surface area contributed by atoms with E-state index in [0.717, 1.165) is 25.7 Å². The second-order valence-corrected chi connectivity index (χ2v) is 4.37. The molecule has 104 valence electrons. The van der Waals surface area contributed by atoms with E-state index in [1.54, 1.807) is 12.1 Å².